The lowest BCUT2D eigenvalue weighted by Gasteiger charge is -2.24. The Morgan fingerprint density at radius 2 is 2.21 bits per heavy atom. The quantitative estimate of drug-likeness (QED) is 0.692. The first-order valence-electron chi connectivity index (χ1n) is 4.51. The van der Waals surface area contributed by atoms with Gasteiger partial charge in [0, 0.05) is 19.5 Å². The molecule has 1 atom stereocenters. The lowest BCUT2D eigenvalue weighted by molar-refractivity contribution is 0.212. The Morgan fingerprint density at radius 1 is 1.50 bits per heavy atom. The molecule has 1 radical (unpaired) electrons. The predicted molar refractivity (Wildman–Crippen MR) is 53.0 cm³/mol. The fraction of sp³-hybridized carbons (Fsp3) is 0.500. The highest BCUT2D eigenvalue weighted by Gasteiger charge is 2.27. The topological polar surface area (TPSA) is 15.3 Å². The summed E-state index contributed by atoms with van der Waals surface area (Å²) in [5, 5.41) is 2.69. The van der Waals surface area contributed by atoms with Gasteiger partial charge >= 0.3 is 0 Å². The van der Waals surface area contributed by atoms with E-state index in [9.17, 15) is 8.78 Å². The van der Waals surface area contributed by atoms with Crippen molar-refractivity contribution in [2.24, 2.45) is 0 Å². The lowest BCUT2D eigenvalue weighted by atomic mass is 10.1. The molecule has 1 unspecified atom stereocenters. The van der Waals surface area contributed by atoms with Gasteiger partial charge in [-0.05, 0) is 32.3 Å². The number of alkyl halides is 1. The van der Waals surface area contributed by atoms with Crippen LogP contribution in [0.15, 0.2) is 24.1 Å². The second kappa shape index (κ2) is 4.66. The molecule has 0 spiro atoms. The summed E-state index contributed by atoms with van der Waals surface area (Å²) in [6.07, 6.45) is 4.61. The van der Waals surface area contributed by atoms with Crippen LogP contribution < -0.4 is 5.32 Å². The molecule has 1 aliphatic carbocycles. The molecule has 0 fully saturated rings. The van der Waals surface area contributed by atoms with Gasteiger partial charge in [-0.2, -0.15) is 0 Å². The average Bonchev–Trinajstić information content (AvgIpc) is 2.10. The first kappa shape index (κ1) is 11.3. The van der Waals surface area contributed by atoms with E-state index in [4.69, 9.17) is 0 Å². The van der Waals surface area contributed by atoms with Crippen molar-refractivity contribution in [3.8, 4) is 0 Å². The molecule has 2 nitrogen and oxygen atoms in total. The molecule has 79 valence electrons. The van der Waals surface area contributed by atoms with Gasteiger partial charge in [0.05, 0.1) is 0 Å². The minimum Gasteiger partial charge on any atom is -0.308 e. The monoisotopic (exact) mass is 201 g/mol. The molecule has 0 saturated carbocycles. The minimum atomic E-state index is -1.70. The summed E-state index contributed by atoms with van der Waals surface area (Å²) in [6, 6.07) is 0. The van der Waals surface area contributed by atoms with Crippen LogP contribution in [-0.4, -0.2) is 37.9 Å². The number of nitrogens with zero attached hydrogens (tertiary/aromatic N) is 1. The summed E-state index contributed by atoms with van der Waals surface area (Å²) in [6.45, 7) is 1.25. The zero-order valence-corrected chi connectivity index (χ0v) is 8.43. The van der Waals surface area contributed by atoms with Crippen LogP contribution in [0.3, 0.4) is 0 Å². The van der Waals surface area contributed by atoms with Crippen LogP contribution in [0.2, 0.25) is 0 Å². The van der Waals surface area contributed by atoms with Crippen molar-refractivity contribution in [1.82, 2.24) is 10.2 Å². The Morgan fingerprint density at radius 3 is 2.71 bits per heavy atom. The maximum absolute atomic E-state index is 13.7. The van der Waals surface area contributed by atoms with E-state index in [1.54, 1.807) is 0 Å². The molecule has 1 N–H and O–H groups in total. The van der Waals surface area contributed by atoms with E-state index in [1.165, 1.54) is 12.5 Å². The van der Waals surface area contributed by atoms with E-state index in [0.717, 1.165) is 18.7 Å². The Balaban J connectivity index is 2.34. The van der Waals surface area contributed by atoms with Gasteiger partial charge in [0.1, 0.15) is 5.83 Å². The number of likely N-dealkylation sites (N-methyl/N-ethyl adjacent to an activating group) is 1. The molecular weight excluding hydrogens is 186 g/mol. The van der Waals surface area contributed by atoms with E-state index in [2.05, 4.69) is 5.32 Å². The van der Waals surface area contributed by atoms with Crippen LogP contribution in [-0.2, 0) is 0 Å². The molecule has 0 amide bonds. The number of halogens is 2. The van der Waals surface area contributed by atoms with E-state index in [1.807, 2.05) is 19.0 Å². The van der Waals surface area contributed by atoms with Crippen LogP contribution >= 0.6 is 0 Å². The lowest BCUT2D eigenvalue weighted by Crippen LogP contribution is -2.43. The van der Waals surface area contributed by atoms with Gasteiger partial charge in [0.25, 0.3) is 0 Å². The smallest absolute Gasteiger partial charge is 0.187 e. The molecule has 0 aromatic rings. The van der Waals surface area contributed by atoms with Crippen LogP contribution in [0, 0.1) is 6.42 Å². The fourth-order valence-electron chi connectivity index (χ4n) is 1.10. The SMILES string of the molecule is CN(C)CCNC1(F)[CH]C=C(F)C=C1. The average molecular weight is 201 g/mol. The van der Waals surface area contributed by atoms with E-state index in [0.29, 0.717) is 6.54 Å². The third-order valence-corrected chi connectivity index (χ3v) is 1.93. The summed E-state index contributed by atoms with van der Waals surface area (Å²) >= 11 is 0. The maximum Gasteiger partial charge on any atom is 0.187 e. The summed E-state index contributed by atoms with van der Waals surface area (Å²) < 4.78 is 26.2. The molecule has 14 heavy (non-hydrogen) atoms. The Bertz CT molecular complexity index is 249. The van der Waals surface area contributed by atoms with Gasteiger partial charge in [-0.1, -0.05) is 0 Å². The van der Waals surface area contributed by atoms with Crippen molar-refractivity contribution < 1.29 is 8.78 Å². The normalized spacial score (nSPS) is 26.8. The van der Waals surface area contributed by atoms with Gasteiger partial charge in [-0.25, -0.2) is 8.78 Å². The minimum absolute atomic E-state index is 0.423. The fourth-order valence-corrected chi connectivity index (χ4v) is 1.10. The van der Waals surface area contributed by atoms with Crippen LogP contribution in [0.1, 0.15) is 0 Å². The first-order chi connectivity index (χ1) is 6.52. The number of allylic oxidation sites excluding steroid dienone is 2. The molecule has 0 heterocycles. The van der Waals surface area contributed by atoms with E-state index < -0.39 is 11.6 Å². The zero-order chi connectivity index (χ0) is 10.6. The predicted octanol–water partition coefficient (Wildman–Crippen LogP) is 1.43. The van der Waals surface area contributed by atoms with E-state index in [-0.39, 0.29) is 0 Å². The molecule has 0 aliphatic heterocycles. The van der Waals surface area contributed by atoms with Crippen molar-refractivity contribution in [2.75, 3.05) is 27.2 Å². The van der Waals surface area contributed by atoms with Gasteiger partial charge in [-0.15, -0.1) is 0 Å². The Labute approximate surface area is 83.3 Å². The largest absolute Gasteiger partial charge is 0.308 e. The summed E-state index contributed by atoms with van der Waals surface area (Å²) in [5.74, 6) is -2.13. The van der Waals surface area contributed by atoms with Crippen molar-refractivity contribution >= 4 is 0 Å². The third kappa shape index (κ3) is 3.55. The van der Waals surface area contributed by atoms with Gasteiger partial charge in [-0.3, -0.25) is 5.32 Å². The van der Waals surface area contributed by atoms with Crippen LogP contribution in [0.25, 0.3) is 0 Å². The Kier molecular flexibility index (Phi) is 3.77. The van der Waals surface area contributed by atoms with Gasteiger partial charge in [0.15, 0.2) is 5.79 Å². The zero-order valence-electron chi connectivity index (χ0n) is 8.43. The highest BCUT2D eigenvalue weighted by Crippen LogP contribution is 2.21. The second-order valence-corrected chi connectivity index (χ2v) is 3.55. The molecule has 0 bridgehead atoms. The maximum atomic E-state index is 13.7. The summed E-state index contributed by atoms with van der Waals surface area (Å²) in [7, 11) is 3.82. The second-order valence-electron chi connectivity index (χ2n) is 3.55. The van der Waals surface area contributed by atoms with Crippen molar-refractivity contribution in [2.45, 2.75) is 5.79 Å². The van der Waals surface area contributed by atoms with Gasteiger partial charge in [0.2, 0.25) is 0 Å². The molecule has 0 saturated heterocycles. The third-order valence-electron chi connectivity index (χ3n) is 1.93. The van der Waals surface area contributed by atoms with Crippen molar-refractivity contribution in [3.63, 3.8) is 0 Å². The summed E-state index contributed by atoms with van der Waals surface area (Å²) in [4.78, 5) is 1.94. The molecule has 0 aromatic heterocycles. The summed E-state index contributed by atoms with van der Waals surface area (Å²) in [5.41, 5.74) is 0. The van der Waals surface area contributed by atoms with Crippen molar-refractivity contribution in [1.29, 1.82) is 0 Å². The molecule has 1 rings (SSSR count). The van der Waals surface area contributed by atoms with Gasteiger partial charge < -0.3 is 4.90 Å². The molecule has 0 aromatic carbocycles. The van der Waals surface area contributed by atoms with Crippen molar-refractivity contribution in [3.05, 3.63) is 30.5 Å². The number of hydrogen-bond donors (Lipinski definition) is 1. The highest BCUT2D eigenvalue weighted by atomic mass is 19.1. The van der Waals surface area contributed by atoms with E-state index >= 15 is 0 Å². The number of hydrogen-bond acceptors (Lipinski definition) is 2. The standard InChI is InChI=1S/C10H15F2N2/c1-14(2)8-7-13-10(12)5-3-9(11)4-6-10/h3-6,13H,7-8H2,1-2H3. The van der Waals surface area contributed by atoms with Crippen LogP contribution in [0.5, 0.6) is 0 Å². The number of rotatable bonds is 4. The number of nitrogens with one attached hydrogen (secondary N) is 1. The highest BCUT2D eigenvalue weighted by molar-refractivity contribution is 5.29. The first-order valence-corrected chi connectivity index (χ1v) is 4.51. The molecular formula is C10H15F2N2. The Hall–Kier alpha value is -0.740. The van der Waals surface area contributed by atoms with Crippen LogP contribution in [0.4, 0.5) is 8.78 Å². The molecule has 1 aliphatic rings. The molecule has 4 heteroatoms.